The van der Waals surface area contributed by atoms with Gasteiger partial charge in [0.1, 0.15) is 36.9 Å². The fourth-order valence-electron chi connectivity index (χ4n) is 5.46. The maximum absolute atomic E-state index is 10.4. The molecule has 4 unspecified atom stereocenters. The zero-order chi connectivity index (χ0) is 34.9. The van der Waals surface area contributed by atoms with Crippen molar-refractivity contribution >= 4 is 0 Å². The van der Waals surface area contributed by atoms with Gasteiger partial charge in [0.25, 0.3) is 0 Å². The number of nitrogens with one attached hydrogen (secondary N) is 4. The van der Waals surface area contributed by atoms with Gasteiger partial charge in [0.2, 0.25) is 0 Å². The normalized spacial score (nSPS) is 14.2. The number of rotatable bonds is 22. The minimum atomic E-state index is -0.605. The highest BCUT2D eigenvalue weighted by molar-refractivity contribution is 5.41. The molecule has 6 N–H and O–H groups in total. The molecule has 4 aromatic carbocycles. The number of hydrogen-bond acceptors (Lipinski definition) is 8. The molecule has 0 aliphatic rings. The van der Waals surface area contributed by atoms with Crippen LogP contribution in [0.4, 0.5) is 0 Å². The van der Waals surface area contributed by atoms with Crippen LogP contribution in [0, 0.1) is 0 Å². The third-order valence-electron chi connectivity index (χ3n) is 8.69. The Morgan fingerprint density at radius 3 is 1.27 bits per heavy atom. The number of hydrogen-bond donors (Lipinski definition) is 6. The van der Waals surface area contributed by atoms with E-state index in [1.807, 2.05) is 60.7 Å². The molecule has 4 atom stereocenters. The summed E-state index contributed by atoms with van der Waals surface area (Å²) in [4.78, 5) is 0. The van der Waals surface area contributed by atoms with Gasteiger partial charge in [0.15, 0.2) is 0 Å². The van der Waals surface area contributed by atoms with E-state index in [4.69, 9.17) is 9.47 Å². The Labute approximate surface area is 293 Å². The van der Waals surface area contributed by atoms with Crippen molar-refractivity contribution in [2.45, 2.75) is 70.5 Å². The predicted octanol–water partition coefficient (Wildman–Crippen LogP) is 5.03. The molecule has 0 amide bonds. The molecule has 0 aliphatic heterocycles. The maximum Gasteiger partial charge on any atom is 0.119 e. The van der Waals surface area contributed by atoms with E-state index in [2.05, 4.69) is 97.5 Å². The third-order valence-corrected chi connectivity index (χ3v) is 8.69. The van der Waals surface area contributed by atoms with Crippen molar-refractivity contribution in [3.05, 3.63) is 131 Å². The SMILES string of the molecule is CC(CNCC(O)COc1ccc(C(C)(C)c2ccc(OCC(O)CNCC(C)NCc3ccccc3)cc2)cc1)NCc1ccccc1. The molecule has 0 heterocycles. The van der Waals surface area contributed by atoms with E-state index in [0.717, 1.165) is 48.8 Å². The first-order valence-corrected chi connectivity index (χ1v) is 17.5. The zero-order valence-corrected chi connectivity index (χ0v) is 29.6. The summed E-state index contributed by atoms with van der Waals surface area (Å²) in [5.74, 6) is 1.46. The molecule has 0 radical (unpaired) electrons. The summed E-state index contributed by atoms with van der Waals surface area (Å²) in [7, 11) is 0. The highest BCUT2D eigenvalue weighted by Gasteiger charge is 2.23. The van der Waals surface area contributed by atoms with E-state index < -0.39 is 12.2 Å². The lowest BCUT2D eigenvalue weighted by Crippen LogP contribution is -2.40. The number of benzene rings is 4. The van der Waals surface area contributed by atoms with Crippen LogP contribution in [-0.4, -0.2) is 73.9 Å². The van der Waals surface area contributed by atoms with Gasteiger partial charge >= 0.3 is 0 Å². The molecule has 8 heteroatoms. The van der Waals surface area contributed by atoms with Crippen LogP contribution in [0.15, 0.2) is 109 Å². The van der Waals surface area contributed by atoms with Crippen molar-refractivity contribution in [3.63, 3.8) is 0 Å². The molecule has 0 aromatic heterocycles. The molecule has 8 nitrogen and oxygen atoms in total. The molecule has 4 rings (SSSR count). The molecule has 0 saturated carbocycles. The number of aliphatic hydroxyl groups excluding tert-OH is 2. The molecule has 0 bridgehead atoms. The van der Waals surface area contributed by atoms with Gasteiger partial charge in [0.05, 0.1) is 0 Å². The van der Waals surface area contributed by atoms with Crippen molar-refractivity contribution in [1.29, 1.82) is 0 Å². The average molecular weight is 669 g/mol. The highest BCUT2D eigenvalue weighted by Crippen LogP contribution is 2.33. The molecular formula is C41H56N4O4. The Balaban J connectivity index is 1.11. The van der Waals surface area contributed by atoms with Gasteiger partial charge in [-0.2, -0.15) is 0 Å². The Kier molecular flexibility index (Phi) is 15.6. The van der Waals surface area contributed by atoms with Gasteiger partial charge in [0, 0.05) is 56.8 Å². The van der Waals surface area contributed by atoms with E-state index in [9.17, 15) is 10.2 Å². The van der Waals surface area contributed by atoms with Crippen LogP contribution < -0.4 is 30.7 Å². The van der Waals surface area contributed by atoms with Crippen LogP contribution >= 0.6 is 0 Å². The second-order valence-corrected chi connectivity index (χ2v) is 13.5. The molecule has 0 spiro atoms. The monoisotopic (exact) mass is 668 g/mol. The van der Waals surface area contributed by atoms with Crippen molar-refractivity contribution in [1.82, 2.24) is 21.3 Å². The summed E-state index contributed by atoms with van der Waals surface area (Å²) in [5.41, 5.74) is 4.58. The largest absolute Gasteiger partial charge is 0.491 e. The minimum Gasteiger partial charge on any atom is -0.491 e. The van der Waals surface area contributed by atoms with Crippen LogP contribution in [0.2, 0.25) is 0 Å². The first-order valence-electron chi connectivity index (χ1n) is 17.5. The Hall–Kier alpha value is -3.76. The van der Waals surface area contributed by atoms with E-state index in [0.29, 0.717) is 13.1 Å². The van der Waals surface area contributed by atoms with Gasteiger partial charge in [-0.3, -0.25) is 0 Å². The lowest BCUT2D eigenvalue weighted by molar-refractivity contribution is 0.106. The van der Waals surface area contributed by atoms with Crippen LogP contribution in [0.5, 0.6) is 11.5 Å². The zero-order valence-electron chi connectivity index (χ0n) is 29.6. The summed E-state index contributed by atoms with van der Waals surface area (Å²) in [6.45, 7) is 13.2. The van der Waals surface area contributed by atoms with E-state index >= 15 is 0 Å². The highest BCUT2D eigenvalue weighted by atomic mass is 16.5. The van der Waals surface area contributed by atoms with Gasteiger partial charge in [-0.1, -0.05) is 98.8 Å². The van der Waals surface area contributed by atoms with Crippen LogP contribution in [-0.2, 0) is 18.5 Å². The lowest BCUT2D eigenvalue weighted by atomic mass is 9.78. The van der Waals surface area contributed by atoms with Crippen molar-refractivity contribution in [3.8, 4) is 11.5 Å². The first-order chi connectivity index (χ1) is 23.7. The van der Waals surface area contributed by atoms with E-state index in [1.54, 1.807) is 0 Å². The molecule has 264 valence electrons. The van der Waals surface area contributed by atoms with Crippen LogP contribution in [0.25, 0.3) is 0 Å². The summed E-state index contributed by atoms with van der Waals surface area (Å²) in [6.07, 6.45) is -1.21. The molecule has 4 aromatic rings. The molecule has 0 saturated heterocycles. The van der Waals surface area contributed by atoms with Gasteiger partial charge < -0.3 is 41.0 Å². The molecule has 49 heavy (non-hydrogen) atoms. The molecule has 0 aliphatic carbocycles. The average Bonchev–Trinajstić information content (AvgIpc) is 3.12. The standard InChI is InChI=1S/C41H56N4O4/c1-31(44-25-33-11-7-5-8-12-33)23-42-27-37(46)29-48-39-19-15-35(16-20-39)41(3,4)36-17-21-40(22-18-36)49-30-38(47)28-43-24-32(2)45-26-34-13-9-6-10-14-34/h5-22,31-32,37-38,42-47H,23-30H2,1-4H3. The minimum absolute atomic E-state index is 0.221. The fourth-order valence-corrected chi connectivity index (χ4v) is 5.46. The first kappa shape index (κ1) is 38.0. The lowest BCUT2D eigenvalue weighted by Gasteiger charge is -2.26. The van der Waals surface area contributed by atoms with Crippen molar-refractivity contribution < 1.29 is 19.7 Å². The van der Waals surface area contributed by atoms with Gasteiger partial charge in [-0.25, -0.2) is 0 Å². The molecular weight excluding hydrogens is 612 g/mol. The summed E-state index contributed by atoms with van der Waals surface area (Å²) >= 11 is 0. The third kappa shape index (κ3) is 13.6. The van der Waals surface area contributed by atoms with Crippen molar-refractivity contribution in [2.24, 2.45) is 0 Å². The number of ether oxygens (including phenoxy) is 2. The Bertz CT molecular complexity index is 1340. The van der Waals surface area contributed by atoms with Gasteiger partial charge in [-0.15, -0.1) is 0 Å². The summed E-state index contributed by atoms with van der Waals surface area (Å²) in [6, 6.07) is 37.4. The van der Waals surface area contributed by atoms with Crippen molar-refractivity contribution in [2.75, 3.05) is 39.4 Å². The second kappa shape index (κ2) is 20.0. The topological polar surface area (TPSA) is 107 Å². The maximum atomic E-state index is 10.4. The molecule has 0 fully saturated rings. The van der Waals surface area contributed by atoms with Crippen LogP contribution in [0.3, 0.4) is 0 Å². The quantitative estimate of drug-likeness (QED) is 0.0694. The van der Waals surface area contributed by atoms with Gasteiger partial charge in [-0.05, 0) is 60.4 Å². The van der Waals surface area contributed by atoms with E-state index in [1.165, 1.54) is 11.1 Å². The second-order valence-electron chi connectivity index (χ2n) is 13.5. The fraction of sp³-hybridized carbons (Fsp3) is 0.415. The summed E-state index contributed by atoms with van der Waals surface area (Å²) < 4.78 is 11.8. The van der Waals surface area contributed by atoms with E-state index in [-0.39, 0.29) is 30.7 Å². The predicted molar refractivity (Wildman–Crippen MR) is 199 cm³/mol. The summed E-state index contributed by atoms with van der Waals surface area (Å²) in [5, 5.41) is 34.5. The Morgan fingerprint density at radius 2 is 0.898 bits per heavy atom. The number of aliphatic hydroxyl groups is 2. The Morgan fingerprint density at radius 1 is 0.531 bits per heavy atom. The van der Waals surface area contributed by atoms with Crippen LogP contribution in [0.1, 0.15) is 49.9 Å². The smallest absolute Gasteiger partial charge is 0.119 e.